The summed E-state index contributed by atoms with van der Waals surface area (Å²) in [5.41, 5.74) is 2.10. The van der Waals surface area contributed by atoms with Crippen molar-refractivity contribution in [2.75, 3.05) is 0 Å². The van der Waals surface area contributed by atoms with Crippen LogP contribution in [0.25, 0.3) is 0 Å². The molecule has 0 N–H and O–H groups in total. The molecule has 0 heterocycles. The van der Waals surface area contributed by atoms with Gasteiger partial charge in [0.25, 0.3) is 0 Å². The molecule has 0 aliphatic heterocycles. The number of hydrogen-bond donors (Lipinski definition) is 0. The van der Waals surface area contributed by atoms with Gasteiger partial charge in [-0.1, -0.05) is 85.0 Å². The second-order valence-electron chi connectivity index (χ2n) is 11.3. The van der Waals surface area contributed by atoms with Gasteiger partial charge in [0.05, 0.1) is 0 Å². The maximum Gasteiger partial charge on any atom is -0.0229 e. The van der Waals surface area contributed by atoms with Gasteiger partial charge in [0.2, 0.25) is 0 Å². The smallest absolute Gasteiger partial charge is 0.0229 e. The summed E-state index contributed by atoms with van der Waals surface area (Å²) in [7, 11) is 0. The molecular weight excluding hydrogens is 300 g/mol. The first-order chi connectivity index (χ1) is 12.0. The van der Waals surface area contributed by atoms with Crippen molar-refractivity contribution in [3.8, 4) is 0 Å². The zero-order valence-corrected chi connectivity index (χ0v) is 17.5. The summed E-state index contributed by atoms with van der Waals surface area (Å²) < 4.78 is 0. The average molecular weight is 345 g/mol. The summed E-state index contributed by atoms with van der Waals surface area (Å²) in [6, 6.07) is 0. The summed E-state index contributed by atoms with van der Waals surface area (Å²) in [6.07, 6.45) is 24.3. The van der Waals surface area contributed by atoms with E-state index in [1.807, 2.05) is 0 Å². The van der Waals surface area contributed by atoms with E-state index < -0.39 is 0 Å². The summed E-state index contributed by atoms with van der Waals surface area (Å²) in [6.45, 7) is 8.16. The standard InChI is InChI=1S/C25H44/c1-20(23(2)15-11-7-5-4-6-8-12-16-23)24(3)17-13-9-10-14-21-18-25(21)19-22(24)25/h20-22H,4-19H2,1-3H3. The molecule has 4 aliphatic carbocycles. The molecule has 5 unspecified atom stereocenters. The topological polar surface area (TPSA) is 0 Å². The van der Waals surface area contributed by atoms with E-state index in [4.69, 9.17) is 0 Å². The van der Waals surface area contributed by atoms with E-state index >= 15 is 0 Å². The molecule has 0 aromatic heterocycles. The van der Waals surface area contributed by atoms with Gasteiger partial charge < -0.3 is 0 Å². The van der Waals surface area contributed by atoms with Gasteiger partial charge in [-0.15, -0.1) is 0 Å². The fourth-order valence-corrected chi connectivity index (χ4v) is 7.74. The Morgan fingerprint density at radius 2 is 1.24 bits per heavy atom. The van der Waals surface area contributed by atoms with E-state index in [0.29, 0.717) is 10.8 Å². The SMILES string of the molecule is CC(C1(C)CCCCCCCCC1)C1(C)CCCCCC2CC23CC13. The second-order valence-corrected chi connectivity index (χ2v) is 11.3. The Hall–Kier alpha value is 0. The molecule has 4 saturated carbocycles. The van der Waals surface area contributed by atoms with Crippen molar-refractivity contribution in [1.82, 2.24) is 0 Å². The van der Waals surface area contributed by atoms with Crippen molar-refractivity contribution < 1.29 is 0 Å². The van der Waals surface area contributed by atoms with Crippen LogP contribution in [0.2, 0.25) is 0 Å². The third-order valence-corrected chi connectivity index (χ3v) is 9.99. The zero-order chi connectivity index (χ0) is 17.5. The Bertz CT molecular complexity index is 455. The minimum atomic E-state index is 0.605. The van der Waals surface area contributed by atoms with Crippen LogP contribution in [0.15, 0.2) is 0 Å². The lowest BCUT2D eigenvalue weighted by Gasteiger charge is -2.48. The Balaban J connectivity index is 1.52. The Kier molecular flexibility index (Phi) is 5.04. The van der Waals surface area contributed by atoms with Crippen LogP contribution in [0.3, 0.4) is 0 Å². The predicted octanol–water partition coefficient (Wildman–Crippen LogP) is 8.15. The lowest BCUT2D eigenvalue weighted by atomic mass is 9.57. The van der Waals surface area contributed by atoms with E-state index in [9.17, 15) is 0 Å². The normalized spacial score (nSPS) is 45.7. The molecule has 1 spiro atoms. The lowest BCUT2D eigenvalue weighted by Crippen LogP contribution is -2.40. The molecule has 0 nitrogen and oxygen atoms in total. The van der Waals surface area contributed by atoms with Gasteiger partial charge >= 0.3 is 0 Å². The van der Waals surface area contributed by atoms with E-state index in [1.165, 1.54) is 83.5 Å². The van der Waals surface area contributed by atoms with E-state index in [0.717, 1.165) is 23.2 Å². The first-order valence-corrected chi connectivity index (χ1v) is 12.0. The van der Waals surface area contributed by atoms with E-state index in [1.54, 1.807) is 19.3 Å². The highest BCUT2D eigenvalue weighted by atomic mass is 14.8. The van der Waals surface area contributed by atoms with Gasteiger partial charge in [0, 0.05) is 0 Å². The van der Waals surface area contributed by atoms with Crippen LogP contribution >= 0.6 is 0 Å². The van der Waals surface area contributed by atoms with Crippen LogP contribution in [0.4, 0.5) is 0 Å². The number of rotatable bonds is 2. The van der Waals surface area contributed by atoms with Crippen molar-refractivity contribution >= 4 is 0 Å². The molecule has 5 atom stereocenters. The average Bonchev–Trinajstić information content (AvgIpc) is 3.50. The van der Waals surface area contributed by atoms with Crippen LogP contribution in [-0.4, -0.2) is 0 Å². The third kappa shape index (κ3) is 3.34. The maximum atomic E-state index is 2.75. The minimum absolute atomic E-state index is 0.605. The molecule has 0 aromatic rings. The molecule has 0 amide bonds. The van der Waals surface area contributed by atoms with Gasteiger partial charge in [-0.05, 0) is 72.5 Å². The summed E-state index contributed by atoms with van der Waals surface area (Å²) >= 11 is 0. The monoisotopic (exact) mass is 344 g/mol. The summed E-state index contributed by atoms with van der Waals surface area (Å²) in [5, 5.41) is 0. The first kappa shape index (κ1) is 18.4. The highest BCUT2D eigenvalue weighted by Gasteiger charge is 2.74. The van der Waals surface area contributed by atoms with Crippen molar-refractivity contribution in [3.63, 3.8) is 0 Å². The van der Waals surface area contributed by atoms with Gasteiger partial charge in [-0.25, -0.2) is 0 Å². The fraction of sp³-hybridized carbons (Fsp3) is 1.00. The Morgan fingerprint density at radius 3 is 1.92 bits per heavy atom. The van der Waals surface area contributed by atoms with Crippen LogP contribution in [-0.2, 0) is 0 Å². The molecule has 0 saturated heterocycles. The molecular formula is C25H44. The number of hydrogen-bond acceptors (Lipinski definition) is 0. The molecule has 4 rings (SSSR count). The first-order valence-electron chi connectivity index (χ1n) is 12.0. The summed E-state index contributed by atoms with van der Waals surface area (Å²) in [4.78, 5) is 0. The predicted molar refractivity (Wildman–Crippen MR) is 109 cm³/mol. The van der Waals surface area contributed by atoms with Crippen LogP contribution in [0, 0.1) is 34.0 Å². The Morgan fingerprint density at radius 1 is 0.680 bits per heavy atom. The quantitative estimate of drug-likeness (QED) is 0.474. The van der Waals surface area contributed by atoms with Gasteiger partial charge in [0.15, 0.2) is 0 Å². The van der Waals surface area contributed by atoms with Crippen LogP contribution < -0.4 is 0 Å². The molecule has 0 radical (unpaired) electrons. The molecule has 4 aliphatic rings. The van der Waals surface area contributed by atoms with Crippen LogP contribution in [0.1, 0.15) is 124 Å². The second kappa shape index (κ2) is 6.87. The molecule has 144 valence electrons. The lowest BCUT2D eigenvalue weighted by molar-refractivity contribution is 0.00969. The van der Waals surface area contributed by atoms with Crippen molar-refractivity contribution in [2.45, 2.75) is 124 Å². The van der Waals surface area contributed by atoms with E-state index in [-0.39, 0.29) is 0 Å². The Labute approximate surface area is 157 Å². The highest BCUT2D eigenvalue weighted by molar-refractivity contribution is 5.23. The molecule has 25 heavy (non-hydrogen) atoms. The van der Waals surface area contributed by atoms with Crippen LogP contribution in [0.5, 0.6) is 0 Å². The molecule has 0 bridgehead atoms. The minimum Gasteiger partial charge on any atom is -0.0615 e. The van der Waals surface area contributed by atoms with Crippen molar-refractivity contribution in [3.05, 3.63) is 0 Å². The van der Waals surface area contributed by atoms with Gasteiger partial charge in [-0.3, -0.25) is 0 Å². The fourth-order valence-electron chi connectivity index (χ4n) is 7.74. The summed E-state index contributed by atoms with van der Waals surface area (Å²) in [5.74, 6) is 3.15. The van der Waals surface area contributed by atoms with E-state index in [2.05, 4.69) is 20.8 Å². The third-order valence-electron chi connectivity index (χ3n) is 9.99. The molecule has 0 aromatic carbocycles. The highest BCUT2D eigenvalue weighted by Crippen LogP contribution is 2.82. The maximum absolute atomic E-state index is 2.75. The van der Waals surface area contributed by atoms with Gasteiger partial charge in [0.1, 0.15) is 0 Å². The van der Waals surface area contributed by atoms with Gasteiger partial charge in [-0.2, -0.15) is 0 Å². The molecule has 0 heteroatoms. The van der Waals surface area contributed by atoms with Crippen molar-refractivity contribution in [1.29, 1.82) is 0 Å². The molecule has 4 fully saturated rings. The van der Waals surface area contributed by atoms with Crippen molar-refractivity contribution in [2.24, 2.45) is 34.0 Å². The largest absolute Gasteiger partial charge is 0.0615 e. The zero-order valence-electron chi connectivity index (χ0n) is 17.5.